The molecule has 0 saturated carbocycles. The molecular formula is C13H17NO4. The third kappa shape index (κ3) is 3.23. The Hall–Kier alpha value is -2.04. The van der Waals surface area contributed by atoms with Gasteiger partial charge in [0.15, 0.2) is 0 Å². The molecule has 18 heavy (non-hydrogen) atoms. The number of aryl methyl sites for hydroxylation is 2. The van der Waals surface area contributed by atoms with Crippen LogP contribution in [-0.2, 0) is 20.9 Å². The lowest BCUT2D eigenvalue weighted by Gasteiger charge is -2.11. The van der Waals surface area contributed by atoms with Crippen LogP contribution in [-0.4, -0.2) is 26.1 Å². The van der Waals surface area contributed by atoms with Crippen LogP contribution in [0.1, 0.15) is 16.7 Å². The van der Waals surface area contributed by atoms with Crippen molar-refractivity contribution >= 4 is 11.9 Å². The van der Waals surface area contributed by atoms with Crippen molar-refractivity contribution in [1.29, 1.82) is 0 Å². The Bertz CT molecular complexity index is 468. The Labute approximate surface area is 106 Å². The molecule has 0 atom stereocenters. The minimum absolute atomic E-state index is 0.282. The Morgan fingerprint density at radius 3 is 2.39 bits per heavy atom. The Kier molecular flexibility index (Phi) is 4.71. The maximum Gasteiger partial charge on any atom is 0.396 e. The van der Waals surface area contributed by atoms with Gasteiger partial charge in [0.25, 0.3) is 0 Å². The molecule has 0 aromatic heterocycles. The van der Waals surface area contributed by atoms with E-state index in [1.54, 1.807) is 7.11 Å². The van der Waals surface area contributed by atoms with E-state index in [1.165, 1.54) is 7.11 Å². The van der Waals surface area contributed by atoms with Crippen molar-refractivity contribution in [2.45, 2.75) is 20.4 Å². The first kappa shape index (κ1) is 14.0. The number of rotatable bonds is 3. The second-order valence-electron chi connectivity index (χ2n) is 3.92. The summed E-state index contributed by atoms with van der Waals surface area (Å²) in [6.07, 6.45) is 0. The fraction of sp³-hybridized carbons (Fsp3) is 0.385. The van der Waals surface area contributed by atoms with E-state index in [1.807, 2.05) is 26.0 Å². The van der Waals surface area contributed by atoms with Gasteiger partial charge in [0.2, 0.25) is 0 Å². The van der Waals surface area contributed by atoms with E-state index in [2.05, 4.69) is 10.1 Å². The summed E-state index contributed by atoms with van der Waals surface area (Å²) in [6, 6.07) is 3.82. The lowest BCUT2D eigenvalue weighted by Crippen LogP contribution is -2.31. The highest BCUT2D eigenvalue weighted by Crippen LogP contribution is 2.22. The summed E-state index contributed by atoms with van der Waals surface area (Å²) < 4.78 is 9.52. The Morgan fingerprint density at radius 1 is 1.17 bits per heavy atom. The molecular weight excluding hydrogens is 234 g/mol. The summed E-state index contributed by atoms with van der Waals surface area (Å²) in [5.74, 6) is -0.834. The average Bonchev–Trinajstić information content (AvgIpc) is 2.37. The Balaban J connectivity index is 2.77. The van der Waals surface area contributed by atoms with Crippen LogP contribution in [0.5, 0.6) is 5.75 Å². The lowest BCUT2D eigenvalue weighted by atomic mass is 10.0. The van der Waals surface area contributed by atoms with E-state index in [9.17, 15) is 9.59 Å². The van der Waals surface area contributed by atoms with Gasteiger partial charge in [-0.05, 0) is 36.6 Å². The molecule has 0 heterocycles. The van der Waals surface area contributed by atoms with Crippen molar-refractivity contribution in [1.82, 2.24) is 5.32 Å². The van der Waals surface area contributed by atoms with E-state index in [0.717, 1.165) is 22.4 Å². The van der Waals surface area contributed by atoms with Gasteiger partial charge in [-0.1, -0.05) is 6.07 Å². The standard InChI is InChI=1S/C13H17NO4/c1-8-6-11(17-3)9(2)5-10(8)7-14-12(15)13(16)18-4/h5-6H,7H2,1-4H3,(H,14,15). The summed E-state index contributed by atoms with van der Waals surface area (Å²) in [6.45, 7) is 4.12. The van der Waals surface area contributed by atoms with Crippen LogP contribution in [0.2, 0.25) is 0 Å². The van der Waals surface area contributed by atoms with Gasteiger partial charge in [-0.3, -0.25) is 4.79 Å². The number of nitrogens with one attached hydrogen (secondary N) is 1. The predicted octanol–water partition coefficient (Wildman–Crippen LogP) is 1.10. The number of carbonyl (C=O) groups excluding carboxylic acids is 2. The molecule has 1 N–H and O–H groups in total. The molecule has 1 aromatic carbocycles. The highest BCUT2D eigenvalue weighted by Gasteiger charge is 2.13. The SMILES string of the molecule is COC(=O)C(=O)NCc1cc(C)c(OC)cc1C. The van der Waals surface area contributed by atoms with Gasteiger partial charge in [-0.2, -0.15) is 0 Å². The lowest BCUT2D eigenvalue weighted by molar-refractivity contribution is -0.152. The van der Waals surface area contributed by atoms with Crippen molar-refractivity contribution in [3.63, 3.8) is 0 Å². The predicted molar refractivity (Wildman–Crippen MR) is 66.3 cm³/mol. The summed E-state index contributed by atoms with van der Waals surface area (Å²) in [5.41, 5.74) is 2.90. The average molecular weight is 251 g/mol. The van der Waals surface area contributed by atoms with Crippen LogP contribution in [0.15, 0.2) is 12.1 Å². The topological polar surface area (TPSA) is 64.6 Å². The normalized spacial score (nSPS) is 9.78. The van der Waals surface area contributed by atoms with Gasteiger partial charge >= 0.3 is 11.9 Å². The van der Waals surface area contributed by atoms with E-state index >= 15 is 0 Å². The second kappa shape index (κ2) is 6.05. The molecule has 0 aliphatic rings. The summed E-state index contributed by atoms with van der Waals surface area (Å²) in [4.78, 5) is 22.2. The molecule has 0 bridgehead atoms. The molecule has 0 saturated heterocycles. The van der Waals surface area contributed by atoms with Crippen LogP contribution in [0, 0.1) is 13.8 Å². The third-order valence-electron chi connectivity index (χ3n) is 2.66. The van der Waals surface area contributed by atoms with Gasteiger partial charge in [-0.25, -0.2) is 4.79 Å². The van der Waals surface area contributed by atoms with Crippen molar-refractivity contribution in [3.8, 4) is 5.75 Å². The molecule has 5 heteroatoms. The molecule has 0 aliphatic heterocycles. The van der Waals surface area contributed by atoms with Gasteiger partial charge in [0.1, 0.15) is 5.75 Å². The van der Waals surface area contributed by atoms with Crippen molar-refractivity contribution in [2.24, 2.45) is 0 Å². The number of hydrogen-bond acceptors (Lipinski definition) is 4. The first-order valence-electron chi connectivity index (χ1n) is 5.49. The van der Waals surface area contributed by atoms with E-state index in [0.29, 0.717) is 0 Å². The Morgan fingerprint density at radius 2 is 1.83 bits per heavy atom. The number of hydrogen-bond donors (Lipinski definition) is 1. The molecule has 1 amide bonds. The fourth-order valence-corrected chi connectivity index (χ4v) is 1.60. The molecule has 5 nitrogen and oxygen atoms in total. The quantitative estimate of drug-likeness (QED) is 0.645. The number of carbonyl (C=O) groups is 2. The fourth-order valence-electron chi connectivity index (χ4n) is 1.60. The van der Waals surface area contributed by atoms with Crippen molar-refractivity contribution in [3.05, 3.63) is 28.8 Å². The van der Waals surface area contributed by atoms with Gasteiger partial charge in [0.05, 0.1) is 14.2 Å². The molecule has 0 fully saturated rings. The van der Waals surface area contributed by atoms with Crippen LogP contribution in [0.25, 0.3) is 0 Å². The number of benzene rings is 1. The van der Waals surface area contributed by atoms with Crippen molar-refractivity contribution < 1.29 is 19.1 Å². The molecule has 1 rings (SSSR count). The highest BCUT2D eigenvalue weighted by atomic mass is 16.5. The largest absolute Gasteiger partial charge is 0.496 e. The monoisotopic (exact) mass is 251 g/mol. The number of methoxy groups -OCH3 is 2. The van der Waals surface area contributed by atoms with Crippen LogP contribution in [0.4, 0.5) is 0 Å². The smallest absolute Gasteiger partial charge is 0.396 e. The zero-order chi connectivity index (χ0) is 13.7. The third-order valence-corrected chi connectivity index (χ3v) is 2.66. The zero-order valence-corrected chi connectivity index (χ0v) is 11.0. The van der Waals surface area contributed by atoms with Crippen LogP contribution < -0.4 is 10.1 Å². The number of ether oxygens (including phenoxy) is 2. The van der Waals surface area contributed by atoms with Gasteiger partial charge in [-0.15, -0.1) is 0 Å². The second-order valence-corrected chi connectivity index (χ2v) is 3.92. The molecule has 0 aliphatic carbocycles. The van der Waals surface area contributed by atoms with Gasteiger partial charge < -0.3 is 14.8 Å². The highest BCUT2D eigenvalue weighted by molar-refractivity contribution is 6.32. The van der Waals surface area contributed by atoms with E-state index < -0.39 is 11.9 Å². The van der Waals surface area contributed by atoms with Crippen LogP contribution >= 0.6 is 0 Å². The maximum absolute atomic E-state index is 11.3. The molecule has 98 valence electrons. The zero-order valence-electron chi connectivity index (χ0n) is 11.0. The summed E-state index contributed by atoms with van der Waals surface area (Å²) >= 11 is 0. The number of amides is 1. The maximum atomic E-state index is 11.3. The molecule has 1 aromatic rings. The minimum Gasteiger partial charge on any atom is -0.496 e. The summed E-state index contributed by atoms with van der Waals surface area (Å²) in [5, 5.41) is 2.50. The molecule has 0 spiro atoms. The van der Waals surface area contributed by atoms with Crippen molar-refractivity contribution in [2.75, 3.05) is 14.2 Å². The van der Waals surface area contributed by atoms with E-state index in [-0.39, 0.29) is 6.54 Å². The molecule has 0 unspecified atom stereocenters. The minimum atomic E-state index is -0.891. The summed E-state index contributed by atoms with van der Waals surface area (Å²) in [7, 11) is 2.78. The van der Waals surface area contributed by atoms with Gasteiger partial charge in [0, 0.05) is 6.54 Å². The first-order valence-corrected chi connectivity index (χ1v) is 5.49. The van der Waals surface area contributed by atoms with E-state index in [4.69, 9.17) is 4.74 Å². The number of esters is 1. The first-order chi connectivity index (χ1) is 8.49. The van der Waals surface area contributed by atoms with Crippen LogP contribution in [0.3, 0.4) is 0 Å². The molecule has 0 radical (unpaired) electrons.